The number of carbonyl (C=O) groups excluding carboxylic acids is 1. The minimum Gasteiger partial charge on any atom is -0.465 e. The SMILES string of the molecule is CSc1ncc2c(n1)N(C)C(=O)N(C1CCN(C(=O)O)C3CCC[C@H]31)C2. The Morgan fingerprint density at radius 1 is 1.31 bits per heavy atom. The van der Waals surface area contributed by atoms with Crippen LogP contribution in [0.5, 0.6) is 0 Å². The molecule has 3 atom stereocenters. The van der Waals surface area contributed by atoms with Crippen molar-refractivity contribution in [3.8, 4) is 0 Å². The van der Waals surface area contributed by atoms with E-state index in [1.54, 1.807) is 16.8 Å². The van der Waals surface area contributed by atoms with Crippen LogP contribution in [-0.2, 0) is 6.54 Å². The molecule has 0 aromatic carbocycles. The van der Waals surface area contributed by atoms with Gasteiger partial charge in [0.15, 0.2) is 5.16 Å². The summed E-state index contributed by atoms with van der Waals surface area (Å²) in [6.45, 7) is 0.984. The van der Waals surface area contributed by atoms with Crippen molar-refractivity contribution in [3.05, 3.63) is 11.8 Å². The van der Waals surface area contributed by atoms with Crippen LogP contribution in [0.4, 0.5) is 15.4 Å². The fraction of sp³-hybridized carbons (Fsp3) is 0.647. The molecule has 1 saturated carbocycles. The van der Waals surface area contributed by atoms with Gasteiger partial charge in [-0.1, -0.05) is 18.2 Å². The number of urea groups is 1. The predicted molar refractivity (Wildman–Crippen MR) is 97.4 cm³/mol. The summed E-state index contributed by atoms with van der Waals surface area (Å²) in [5.41, 5.74) is 0.945. The van der Waals surface area contributed by atoms with Crippen molar-refractivity contribution in [2.45, 2.75) is 49.5 Å². The molecule has 26 heavy (non-hydrogen) atoms. The van der Waals surface area contributed by atoms with Gasteiger partial charge >= 0.3 is 12.1 Å². The van der Waals surface area contributed by atoms with Gasteiger partial charge in [0.05, 0.1) is 6.54 Å². The third kappa shape index (κ3) is 2.69. The highest BCUT2D eigenvalue weighted by molar-refractivity contribution is 7.98. The Balaban J connectivity index is 1.62. The van der Waals surface area contributed by atoms with Gasteiger partial charge in [-0.25, -0.2) is 19.6 Å². The second-order valence-corrected chi connectivity index (χ2v) is 7.94. The molecule has 3 aliphatic rings. The number of amides is 3. The van der Waals surface area contributed by atoms with Crippen LogP contribution in [-0.4, -0.2) is 68.9 Å². The molecule has 8 nitrogen and oxygen atoms in total. The minimum atomic E-state index is -0.842. The number of likely N-dealkylation sites (tertiary alicyclic amines) is 1. The molecule has 2 fully saturated rings. The number of thioether (sulfide) groups is 1. The molecule has 2 aliphatic heterocycles. The average molecular weight is 377 g/mol. The Bertz CT molecular complexity index is 745. The molecule has 1 aromatic heterocycles. The minimum absolute atomic E-state index is 0.0286. The predicted octanol–water partition coefficient (Wildman–Crippen LogP) is 2.49. The first-order valence-electron chi connectivity index (χ1n) is 8.95. The van der Waals surface area contributed by atoms with E-state index < -0.39 is 6.09 Å². The van der Waals surface area contributed by atoms with E-state index >= 15 is 0 Å². The van der Waals surface area contributed by atoms with Crippen molar-refractivity contribution < 1.29 is 14.7 Å². The zero-order valence-electron chi connectivity index (χ0n) is 15.0. The van der Waals surface area contributed by atoms with Crippen molar-refractivity contribution in [1.82, 2.24) is 19.8 Å². The molecule has 4 rings (SSSR count). The molecule has 3 amide bonds. The van der Waals surface area contributed by atoms with Crippen LogP contribution in [0.2, 0.25) is 0 Å². The summed E-state index contributed by atoms with van der Waals surface area (Å²) in [5, 5.41) is 10.1. The normalized spacial score (nSPS) is 28.2. The topological polar surface area (TPSA) is 89.9 Å². The van der Waals surface area contributed by atoms with Crippen LogP contribution >= 0.6 is 11.8 Å². The smallest absolute Gasteiger partial charge is 0.407 e. The number of anilines is 1. The summed E-state index contributed by atoms with van der Waals surface area (Å²) >= 11 is 1.45. The van der Waals surface area contributed by atoms with Crippen molar-refractivity contribution in [2.75, 3.05) is 24.7 Å². The molecule has 1 saturated heterocycles. The second kappa shape index (κ2) is 6.61. The van der Waals surface area contributed by atoms with Crippen molar-refractivity contribution in [1.29, 1.82) is 0 Å². The number of aromatic nitrogens is 2. The lowest BCUT2D eigenvalue weighted by molar-refractivity contribution is 0.0393. The number of carboxylic acid groups (broad SMARTS) is 1. The van der Waals surface area contributed by atoms with Crippen LogP contribution in [0.3, 0.4) is 0 Å². The average Bonchev–Trinajstić information content (AvgIpc) is 3.13. The molecule has 1 aromatic rings. The van der Waals surface area contributed by atoms with E-state index in [0.29, 0.717) is 30.5 Å². The number of hydrogen-bond acceptors (Lipinski definition) is 5. The highest BCUT2D eigenvalue weighted by Gasteiger charge is 2.47. The number of fused-ring (bicyclic) bond motifs is 2. The second-order valence-electron chi connectivity index (χ2n) is 7.17. The van der Waals surface area contributed by atoms with Gasteiger partial charge in [0, 0.05) is 43.4 Å². The summed E-state index contributed by atoms with van der Waals surface area (Å²) in [4.78, 5) is 38.5. The van der Waals surface area contributed by atoms with Gasteiger partial charge in [-0.15, -0.1) is 0 Å². The standard InChI is InChI=1S/C17H23N5O3S/c1-20-14-10(8-18-15(19-14)26-2)9-22(16(20)23)13-6-7-21(17(24)25)12-5-3-4-11(12)13/h8,11-13H,3-7,9H2,1-2H3,(H,24,25)/t11-,12?,13?/m1/s1. The Morgan fingerprint density at radius 3 is 2.85 bits per heavy atom. The van der Waals surface area contributed by atoms with Crippen molar-refractivity contribution >= 4 is 29.7 Å². The molecular formula is C17H23N5O3S. The van der Waals surface area contributed by atoms with Crippen LogP contribution in [0.25, 0.3) is 0 Å². The molecule has 0 spiro atoms. The van der Waals surface area contributed by atoms with E-state index in [1.807, 2.05) is 17.4 Å². The zero-order valence-corrected chi connectivity index (χ0v) is 15.8. The lowest BCUT2D eigenvalue weighted by Gasteiger charge is -2.47. The third-order valence-corrected chi connectivity index (χ3v) is 6.49. The molecule has 140 valence electrons. The van der Waals surface area contributed by atoms with Gasteiger partial charge in [-0.3, -0.25) is 4.90 Å². The summed E-state index contributed by atoms with van der Waals surface area (Å²) in [6, 6.07) is 0.0463. The van der Waals surface area contributed by atoms with Gasteiger partial charge in [-0.05, 0) is 25.5 Å². The molecule has 0 radical (unpaired) electrons. The summed E-state index contributed by atoms with van der Waals surface area (Å²) < 4.78 is 0. The maximum absolute atomic E-state index is 13.0. The van der Waals surface area contributed by atoms with E-state index in [0.717, 1.165) is 24.8 Å². The third-order valence-electron chi connectivity index (χ3n) is 5.93. The first-order chi connectivity index (χ1) is 12.5. The number of piperidine rings is 1. The zero-order chi connectivity index (χ0) is 18.4. The summed E-state index contributed by atoms with van der Waals surface area (Å²) in [5.74, 6) is 0.890. The van der Waals surface area contributed by atoms with Crippen LogP contribution in [0.15, 0.2) is 11.4 Å². The molecule has 3 heterocycles. The maximum atomic E-state index is 13.0. The van der Waals surface area contributed by atoms with Gasteiger partial charge in [0.1, 0.15) is 5.82 Å². The molecule has 1 aliphatic carbocycles. The number of hydrogen-bond donors (Lipinski definition) is 1. The molecule has 0 bridgehead atoms. The van der Waals surface area contributed by atoms with E-state index in [4.69, 9.17) is 0 Å². The fourth-order valence-corrected chi connectivity index (χ4v) is 5.09. The summed E-state index contributed by atoms with van der Waals surface area (Å²) in [6.07, 6.45) is 6.45. The van der Waals surface area contributed by atoms with Crippen LogP contribution in [0.1, 0.15) is 31.2 Å². The Hall–Kier alpha value is -2.03. The number of nitrogens with zero attached hydrogens (tertiary/aromatic N) is 5. The highest BCUT2D eigenvalue weighted by atomic mass is 32.2. The molecule has 1 N–H and O–H groups in total. The van der Waals surface area contributed by atoms with Gasteiger partial charge in [-0.2, -0.15) is 0 Å². The van der Waals surface area contributed by atoms with Gasteiger partial charge in [0.25, 0.3) is 0 Å². The lowest BCUT2D eigenvalue weighted by Crippen LogP contribution is -2.59. The molecule has 9 heteroatoms. The lowest BCUT2D eigenvalue weighted by atomic mass is 9.85. The first-order valence-corrected chi connectivity index (χ1v) is 10.2. The van der Waals surface area contributed by atoms with E-state index in [-0.39, 0.29) is 24.0 Å². The molecule has 2 unspecified atom stereocenters. The monoisotopic (exact) mass is 377 g/mol. The Kier molecular flexibility index (Phi) is 4.42. The summed E-state index contributed by atoms with van der Waals surface area (Å²) in [7, 11) is 1.75. The van der Waals surface area contributed by atoms with E-state index in [1.165, 1.54) is 11.8 Å². The Morgan fingerprint density at radius 2 is 2.12 bits per heavy atom. The van der Waals surface area contributed by atoms with Crippen LogP contribution in [0, 0.1) is 5.92 Å². The largest absolute Gasteiger partial charge is 0.465 e. The Labute approximate surface area is 156 Å². The number of rotatable bonds is 2. The van der Waals surface area contributed by atoms with Crippen molar-refractivity contribution in [2.24, 2.45) is 5.92 Å². The quantitative estimate of drug-likeness (QED) is 0.629. The fourth-order valence-electron chi connectivity index (χ4n) is 4.76. The van der Waals surface area contributed by atoms with E-state index in [2.05, 4.69) is 9.97 Å². The molecular weight excluding hydrogens is 354 g/mol. The number of carbonyl (C=O) groups is 2. The van der Waals surface area contributed by atoms with Crippen molar-refractivity contribution in [3.63, 3.8) is 0 Å². The first kappa shape index (κ1) is 17.4. The van der Waals surface area contributed by atoms with Crippen LogP contribution < -0.4 is 4.90 Å². The van der Waals surface area contributed by atoms with Gasteiger partial charge in [0.2, 0.25) is 0 Å². The highest BCUT2D eigenvalue weighted by Crippen LogP contribution is 2.41. The van der Waals surface area contributed by atoms with Gasteiger partial charge < -0.3 is 14.9 Å². The maximum Gasteiger partial charge on any atom is 0.407 e. The van der Waals surface area contributed by atoms with E-state index in [9.17, 15) is 14.7 Å².